The van der Waals surface area contributed by atoms with E-state index >= 15 is 0 Å². The smallest absolute Gasteiger partial charge is 0.270 e. The van der Waals surface area contributed by atoms with Crippen molar-refractivity contribution in [3.8, 4) is 0 Å². The minimum Gasteiger partial charge on any atom is -0.594 e. The molecule has 0 bridgehead atoms. The van der Waals surface area contributed by atoms with Gasteiger partial charge in [0, 0.05) is 22.3 Å². The molecule has 3 aromatic rings. The molecule has 0 aliphatic carbocycles. The highest BCUT2D eigenvalue weighted by atomic mass is 35.5. The van der Waals surface area contributed by atoms with Crippen LogP contribution in [0.1, 0.15) is 0 Å². The monoisotopic (exact) mass is 220 g/mol. The fourth-order valence-electron chi connectivity index (χ4n) is 1.53. The lowest BCUT2D eigenvalue weighted by Crippen LogP contribution is -2.32. The summed E-state index contributed by atoms with van der Waals surface area (Å²) in [7, 11) is 0. The zero-order chi connectivity index (χ0) is 10.4. The number of nitrogens with zero attached hydrogens (tertiary/aromatic N) is 4. The van der Waals surface area contributed by atoms with Gasteiger partial charge in [-0.1, -0.05) is 11.6 Å². The second-order valence-electron chi connectivity index (χ2n) is 3.11. The molecule has 0 atom stereocenters. The van der Waals surface area contributed by atoms with E-state index in [1.54, 1.807) is 35.0 Å². The predicted octanol–water partition coefficient (Wildman–Crippen LogP) is 1.17. The third kappa shape index (κ3) is 1.13. The summed E-state index contributed by atoms with van der Waals surface area (Å²) < 4.78 is 1.58. The molecule has 5 nitrogen and oxygen atoms in total. The van der Waals surface area contributed by atoms with Gasteiger partial charge in [0.25, 0.3) is 5.52 Å². The molecule has 0 saturated carbocycles. The number of hydrogen-bond donors (Lipinski definition) is 0. The van der Waals surface area contributed by atoms with E-state index in [0.717, 1.165) is 0 Å². The average Bonchev–Trinajstić information content (AvgIpc) is 2.65. The Bertz CT molecular complexity index is 664. The maximum Gasteiger partial charge on any atom is 0.270 e. The van der Waals surface area contributed by atoms with Gasteiger partial charge in [-0.05, 0) is 17.0 Å². The van der Waals surface area contributed by atoms with Crippen LogP contribution in [0.15, 0.2) is 30.5 Å². The number of halogens is 1. The first-order valence-corrected chi connectivity index (χ1v) is 4.66. The molecule has 0 unspecified atom stereocenters. The third-order valence-electron chi connectivity index (χ3n) is 2.19. The molecule has 1 aromatic carbocycles. The van der Waals surface area contributed by atoms with Crippen molar-refractivity contribution < 1.29 is 4.85 Å². The number of rotatable bonds is 0. The van der Waals surface area contributed by atoms with Crippen LogP contribution in [0.4, 0.5) is 0 Å². The predicted molar refractivity (Wildman–Crippen MR) is 54.5 cm³/mol. The van der Waals surface area contributed by atoms with Gasteiger partial charge < -0.3 is 5.21 Å². The fraction of sp³-hybridized carbons (Fsp3) is 0. The zero-order valence-electron chi connectivity index (χ0n) is 7.46. The van der Waals surface area contributed by atoms with Crippen LogP contribution in [0.5, 0.6) is 0 Å². The van der Waals surface area contributed by atoms with Gasteiger partial charge in [-0.15, -0.1) is 0 Å². The number of fused-ring (bicyclic) bond motifs is 3. The van der Waals surface area contributed by atoms with E-state index in [0.29, 0.717) is 26.5 Å². The van der Waals surface area contributed by atoms with Crippen molar-refractivity contribution in [2.75, 3.05) is 0 Å². The van der Waals surface area contributed by atoms with Crippen molar-refractivity contribution in [3.05, 3.63) is 40.7 Å². The lowest BCUT2D eigenvalue weighted by atomic mass is 10.3. The quantitative estimate of drug-likeness (QED) is 0.422. The van der Waals surface area contributed by atoms with Crippen molar-refractivity contribution >= 4 is 28.3 Å². The van der Waals surface area contributed by atoms with Crippen LogP contribution in [-0.2, 0) is 0 Å². The molecule has 0 saturated heterocycles. The summed E-state index contributed by atoms with van der Waals surface area (Å²) in [6, 6.07) is 6.62. The van der Waals surface area contributed by atoms with Crippen molar-refractivity contribution in [1.29, 1.82) is 0 Å². The molecule has 0 fully saturated rings. The molecule has 15 heavy (non-hydrogen) atoms. The van der Waals surface area contributed by atoms with Crippen LogP contribution < -0.4 is 4.85 Å². The number of hydrogen-bond acceptors (Lipinski definition) is 3. The van der Waals surface area contributed by atoms with Crippen molar-refractivity contribution in [2.24, 2.45) is 0 Å². The van der Waals surface area contributed by atoms with E-state index in [-0.39, 0.29) is 0 Å². The minimum atomic E-state index is 0.440. The van der Waals surface area contributed by atoms with Gasteiger partial charge in [0.15, 0.2) is 0 Å². The molecule has 2 aromatic heterocycles. The first-order valence-electron chi connectivity index (χ1n) is 4.28. The molecule has 3 rings (SSSR count). The van der Waals surface area contributed by atoms with Gasteiger partial charge in [-0.25, -0.2) is 4.52 Å². The van der Waals surface area contributed by atoms with E-state index in [2.05, 4.69) is 10.2 Å². The second kappa shape index (κ2) is 2.80. The van der Waals surface area contributed by atoms with Gasteiger partial charge in [0.2, 0.25) is 5.65 Å². The minimum absolute atomic E-state index is 0.440. The Balaban J connectivity index is 2.63. The summed E-state index contributed by atoms with van der Waals surface area (Å²) in [5.41, 5.74) is 1.59. The summed E-state index contributed by atoms with van der Waals surface area (Å²) in [6.45, 7) is 0. The van der Waals surface area contributed by atoms with Gasteiger partial charge in [-0.3, -0.25) is 0 Å². The Kier molecular flexibility index (Phi) is 1.58. The Morgan fingerprint density at radius 2 is 2.20 bits per heavy atom. The van der Waals surface area contributed by atoms with Crippen LogP contribution in [0.25, 0.3) is 16.7 Å². The lowest BCUT2D eigenvalue weighted by Gasteiger charge is -2.01. The van der Waals surface area contributed by atoms with Crippen molar-refractivity contribution in [2.45, 2.75) is 0 Å². The van der Waals surface area contributed by atoms with Crippen LogP contribution >= 0.6 is 11.6 Å². The Morgan fingerprint density at radius 3 is 3.07 bits per heavy atom. The molecule has 0 aliphatic rings. The van der Waals surface area contributed by atoms with Crippen LogP contribution in [0.3, 0.4) is 0 Å². The molecule has 0 radical (unpaired) electrons. The van der Waals surface area contributed by atoms with Crippen LogP contribution in [-0.4, -0.2) is 14.7 Å². The maximum atomic E-state index is 11.5. The molecule has 2 heterocycles. The summed E-state index contributed by atoms with van der Waals surface area (Å²) in [5.74, 6) is 0. The van der Waals surface area contributed by atoms with Crippen molar-refractivity contribution in [3.63, 3.8) is 0 Å². The molecular weight excluding hydrogens is 216 g/mol. The van der Waals surface area contributed by atoms with E-state index < -0.39 is 0 Å². The highest BCUT2D eigenvalue weighted by molar-refractivity contribution is 6.31. The normalized spacial score (nSPS) is 11.3. The number of aromatic nitrogens is 4. The van der Waals surface area contributed by atoms with Crippen LogP contribution in [0.2, 0.25) is 5.02 Å². The topological polar surface area (TPSA) is 57.1 Å². The average molecular weight is 221 g/mol. The van der Waals surface area contributed by atoms with Gasteiger partial charge in [-0.2, -0.15) is 5.10 Å². The highest BCUT2D eigenvalue weighted by Gasteiger charge is 2.11. The first kappa shape index (κ1) is 8.43. The van der Waals surface area contributed by atoms with E-state index in [1.165, 1.54) is 0 Å². The first-order chi connectivity index (χ1) is 7.25. The summed E-state index contributed by atoms with van der Waals surface area (Å²) in [6.07, 6.45) is 1.59. The lowest BCUT2D eigenvalue weighted by molar-refractivity contribution is -0.640. The molecule has 0 aliphatic heterocycles. The summed E-state index contributed by atoms with van der Waals surface area (Å²) >= 11 is 5.87. The van der Waals surface area contributed by atoms with E-state index in [1.807, 2.05) is 0 Å². The van der Waals surface area contributed by atoms with Gasteiger partial charge in [0.05, 0.1) is 6.20 Å². The molecule has 0 N–H and O–H groups in total. The Morgan fingerprint density at radius 1 is 1.33 bits per heavy atom. The van der Waals surface area contributed by atoms with E-state index in [9.17, 15) is 5.21 Å². The Labute approximate surface area is 89.1 Å². The standard InChI is InChI=1S/C9H5ClN4O/c10-6-1-2-7-8(5-6)13-9(3-4-11-13)12-14(7)15/h1-5H. The molecular formula is C9H5ClN4O. The highest BCUT2D eigenvalue weighted by Crippen LogP contribution is 2.16. The molecule has 0 amide bonds. The second-order valence-corrected chi connectivity index (χ2v) is 3.54. The van der Waals surface area contributed by atoms with Crippen molar-refractivity contribution in [1.82, 2.24) is 14.7 Å². The zero-order valence-corrected chi connectivity index (χ0v) is 8.22. The SMILES string of the molecule is [O-][n+]1nc2ccnn2c2cc(Cl)ccc21. The maximum absolute atomic E-state index is 11.5. The molecule has 6 heteroatoms. The van der Waals surface area contributed by atoms with E-state index in [4.69, 9.17) is 11.6 Å². The molecule has 74 valence electrons. The van der Waals surface area contributed by atoms with Gasteiger partial charge >= 0.3 is 0 Å². The summed E-state index contributed by atoms with van der Waals surface area (Å²) in [5, 5.41) is 20.0. The van der Waals surface area contributed by atoms with Gasteiger partial charge in [0.1, 0.15) is 5.52 Å². The van der Waals surface area contributed by atoms with Crippen LogP contribution in [0, 0.1) is 5.21 Å². The number of benzene rings is 1. The molecule has 0 spiro atoms. The third-order valence-corrected chi connectivity index (χ3v) is 2.42. The fourth-order valence-corrected chi connectivity index (χ4v) is 1.70. The summed E-state index contributed by atoms with van der Waals surface area (Å²) in [4.78, 5) is 0.572. The largest absolute Gasteiger partial charge is 0.594 e. The Hall–Kier alpha value is -1.88.